The molecule has 1 aromatic carbocycles. The van der Waals surface area contributed by atoms with E-state index in [-0.39, 0.29) is 12.4 Å². The summed E-state index contributed by atoms with van der Waals surface area (Å²) in [6.07, 6.45) is 1.70. The van der Waals surface area contributed by atoms with E-state index < -0.39 is 0 Å². The number of methoxy groups -OCH3 is 1. The Morgan fingerprint density at radius 2 is 2.37 bits per heavy atom. The molecule has 96 valence electrons. The van der Waals surface area contributed by atoms with Gasteiger partial charge in [0.05, 0.1) is 18.4 Å². The third kappa shape index (κ3) is 2.22. The Kier molecular flexibility index (Phi) is 3.00. The summed E-state index contributed by atoms with van der Waals surface area (Å²) in [6, 6.07) is 5.20. The van der Waals surface area contributed by atoms with Gasteiger partial charge in [-0.2, -0.15) is 0 Å². The number of rotatable bonds is 2. The Morgan fingerprint density at radius 1 is 1.47 bits per heavy atom. The van der Waals surface area contributed by atoms with Gasteiger partial charge >= 0.3 is 0 Å². The highest BCUT2D eigenvalue weighted by Crippen LogP contribution is 2.30. The number of ketones is 1. The lowest BCUT2D eigenvalue weighted by Crippen LogP contribution is -2.19. The third-order valence-electron chi connectivity index (χ3n) is 2.81. The lowest BCUT2D eigenvalue weighted by Gasteiger charge is -2.19. The number of nitrogens with zero attached hydrogens (tertiary/aromatic N) is 2. The standard InChI is InChI=1S/C13H10N2O3S/c1-17-10-2-3-12-11(5-10)13(16)8(6-18-12)4-9-7-19-15-14-9/h2-5,7H,6H2,1H3/b8-4+. The van der Waals surface area contributed by atoms with Crippen molar-refractivity contribution >= 4 is 23.4 Å². The third-order valence-corrected chi connectivity index (χ3v) is 3.33. The van der Waals surface area contributed by atoms with E-state index in [1.165, 1.54) is 11.5 Å². The average molecular weight is 274 g/mol. The van der Waals surface area contributed by atoms with Crippen LogP contribution < -0.4 is 9.47 Å². The van der Waals surface area contributed by atoms with Crippen molar-refractivity contribution in [2.24, 2.45) is 0 Å². The molecular weight excluding hydrogens is 264 g/mol. The summed E-state index contributed by atoms with van der Waals surface area (Å²) in [5.41, 5.74) is 1.75. The quantitative estimate of drug-likeness (QED) is 0.786. The number of aromatic nitrogens is 2. The first-order chi connectivity index (χ1) is 9.28. The van der Waals surface area contributed by atoms with Gasteiger partial charge in [-0.3, -0.25) is 4.79 Å². The number of fused-ring (bicyclic) bond motifs is 1. The van der Waals surface area contributed by atoms with Crippen LogP contribution in [0.25, 0.3) is 6.08 Å². The van der Waals surface area contributed by atoms with E-state index in [0.717, 1.165) is 0 Å². The first-order valence-corrected chi connectivity index (χ1v) is 6.45. The van der Waals surface area contributed by atoms with Gasteiger partial charge in [-0.1, -0.05) is 4.49 Å². The Balaban J connectivity index is 1.99. The minimum atomic E-state index is -0.0619. The van der Waals surface area contributed by atoms with Gasteiger partial charge in [-0.25, -0.2) is 0 Å². The molecule has 0 amide bonds. The van der Waals surface area contributed by atoms with Crippen LogP contribution in [0.3, 0.4) is 0 Å². The van der Waals surface area contributed by atoms with Gasteiger partial charge in [0.1, 0.15) is 18.1 Å². The van der Waals surface area contributed by atoms with Gasteiger partial charge in [-0.05, 0) is 35.8 Å². The van der Waals surface area contributed by atoms with Crippen LogP contribution >= 0.6 is 11.5 Å². The molecule has 6 heteroatoms. The predicted molar refractivity (Wildman–Crippen MR) is 70.7 cm³/mol. The largest absolute Gasteiger partial charge is 0.497 e. The van der Waals surface area contributed by atoms with Crippen LogP contribution in [-0.4, -0.2) is 29.1 Å². The second-order valence-corrected chi connectivity index (χ2v) is 4.59. The number of carbonyl (C=O) groups is 1. The molecule has 5 nitrogen and oxygen atoms in total. The molecule has 0 radical (unpaired) electrons. The van der Waals surface area contributed by atoms with Crippen molar-refractivity contribution in [3.8, 4) is 11.5 Å². The molecule has 2 heterocycles. The smallest absolute Gasteiger partial charge is 0.196 e. The van der Waals surface area contributed by atoms with E-state index in [4.69, 9.17) is 9.47 Å². The maximum atomic E-state index is 12.4. The van der Waals surface area contributed by atoms with E-state index in [9.17, 15) is 4.79 Å². The van der Waals surface area contributed by atoms with E-state index in [0.29, 0.717) is 28.3 Å². The second-order valence-electron chi connectivity index (χ2n) is 3.98. The summed E-state index contributed by atoms with van der Waals surface area (Å²) < 4.78 is 14.4. The second kappa shape index (κ2) is 4.81. The molecule has 19 heavy (non-hydrogen) atoms. The van der Waals surface area contributed by atoms with Crippen molar-refractivity contribution < 1.29 is 14.3 Å². The highest BCUT2D eigenvalue weighted by atomic mass is 32.1. The summed E-state index contributed by atoms with van der Waals surface area (Å²) >= 11 is 1.24. The molecule has 0 N–H and O–H groups in total. The molecular formula is C13H10N2O3S. The van der Waals surface area contributed by atoms with E-state index >= 15 is 0 Å². The average Bonchev–Trinajstić information content (AvgIpc) is 2.95. The first-order valence-electron chi connectivity index (χ1n) is 5.61. The minimum Gasteiger partial charge on any atom is -0.497 e. The summed E-state index contributed by atoms with van der Waals surface area (Å²) in [5.74, 6) is 1.15. The number of carbonyl (C=O) groups excluding carboxylic acids is 1. The zero-order chi connectivity index (χ0) is 13.2. The summed E-state index contributed by atoms with van der Waals surface area (Å²) in [4.78, 5) is 12.4. The van der Waals surface area contributed by atoms with Crippen LogP contribution in [0.1, 0.15) is 16.1 Å². The molecule has 0 saturated heterocycles. The predicted octanol–water partition coefficient (Wildman–Crippen LogP) is 2.21. The number of hydrogen-bond acceptors (Lipinski definition) is 6. The molecule has 2 aromatic rings. The molecule has 0 bridgehead atoms. The zero-order valence-corrected chi connectivity index (χ0v) is 10.9. The SMILES string of the molecule is COc1ccc2c(c1)C(=O)/C(=C/c1csnn1)CO2. The van der Waals surface area contributed by atoms with Crippen LogP contribution in [0, 0.1) is 0 Å². The molecule has 0 aliphatic carbocycles. The summed E-state index contributed by atoms with van der Waals surface area (Å²) in [5, 5.41) is 5.67. The van der Waals surface area contributed by atoms with Crippen LogP contribution in [0.2, 0.25) is 0 Å². The zero-order valence-electron chi connectivity index (χ0n) is 10.1. The highest BCUT2D eigenvalue weighted by molar-refractivity contribution is 7.03. The fourth-order valence-electron chi connectivity index (χ4n) is 1.85. The van der Waals surface area contributed by atoms with Gasteiger partial charge < -0.3 is 9.47 Å². The van der Waals surface area contributed by atoms with Crippen molar-refractivity contribution in [1.29, 1.82) is 0 Å². The molecule has 1 aliphatic rings. The van der Waals surface area contributed by atoms with E-state index in [2.05, 4.69) is 9.59 Å². The molecule has 0 saturated carbocycles. The van der Waals surface area contributed by atoms with Crippen molar-refractivity contribution in [3.05, 3.63) is 40.4 Å². The molecule has 0 atom stereocenters. The van der Waals surface area contributed by atoms with Gasteiger partial charge in [0.2, 0.25) is 0 Å². The maximum absolute atomic E-state index is 12.4. The highest BCUT2D eigenvalue weighted by Gasteiger charge is 2.24. The Labute approximate surface area is 113 Å². The Bertz CT molecular complexity index is 650. The van der Waals surface area contributed by atoms with Crippen molar-refractivity contribution in [2.75, 3.05) is 13.7 Å². The molecule has 0 spiro atoms. The monoisotopic (exact) mass is 274 g/mol. The van der Waals surface area contributed by atoms with Crippen molar-refractivity contribution in [1.82, 2.24) is 9.59 Å². The normalized spacial score (nSPS) is 16.1. The van der Waals surface area contributed by atoms with Crippen molar-refractivity contribution in [3.63, 3.8) is 0 Å². The summed E-state index contributed by atoms with van der Waals surface area (Å²) in [6.45, 7) is 0.246. The Morgan fingerprint density at radius 3 is 3.11 bits per heavy atom. The fraction of sp³-hybridized carbons (Fsp3) is 0.154. The molecule has 1 aliphatic heterocycles. The lowest BCUT2D eigenvalue weighted by atomic mass is 9.99. The number of Topliss-reactive ketones (excluding diaryl/α,β-unsaturated/α-hetero) is 1. The van der Waals surface area contributed by atoms with E-state index in [1.54, 1.807) is 36.8 Å². The van der Waals surface area contributed by atoms with Crippen LogP contribution in [0.4, 0.5) is 0 Å². The summed E-state index contributed by atoms with van der Waals surface area (Å²) in [7, 11) is 1.56. The molecule has 0 fully saturated rings. The molecule has 3 rings (SSSR count). The number of hydrogen-bond donors (Lipinski definition) is 0. The van der Waals surface area contributed by atoms with E-state index in [1.807, 2.05) is 0 Å². The van der Waals surface area contributed by atoms with Gasteiger partial charge in [-0.15, -0.1) is 5.10 Å². The lowest BCUT2D eigenvalue weighted by molar-refractivity contribution is 0.100. The molecule has 1 aromatic heterocycles. The van der Waals surface area contributed by atoms with Crippen LogP contribution in [0.15, 0.2) is 29.2 Å². The fourth-order valence-corrected chi connectivity index (χ4v) is 2.27. The molecule has 0 unspecified atom stereocenters. The maximum Gasteiger partial charge on any atom is 0.196 e. The van der Waals surface area contributed by atoms with Gasteiger partial charge in [0, 0.05) is 11.0 Å². The van der Waals surface area contributed by atoms with Gasteiger partial charge in [0.25, 0.3) is 0 Å². The number of ether oxygens (including phenoxy) is 2. The van der Waals surface area contributed by atoms with Gasteiger partial charge in [0.15, 0.2) is 5.78 Å². The van der Waals surface area contributed by atoms with Crippen LogP contribution in [0.5, 0.6) is 11.5 Å². The topological polar surface area (TPSA) is 61.3 Å². The minimum absolute atomic E-state index is 0.0619. The Hall–Kier alpha value is -2.21. The van der Waals surface area contributed by atoms with Crippen LogP contribution in [-0.2, 0) is 0 Å². The first kappa shape index (κ1) is 11.9. The van der Waals surface area contributed by atoms with Crippen molar-refractivity contribution in [2.45, 2.75) is 0 Å². The number of benzene rings is 1.